The Morgan fingerprint density at radius 3 is 2.29 bits per heavy atom. The fourth-order valence-corrected chi connectivity index (χ4v) is 3.83. The molecule has 0 aliphatic rings. The highest BCUT2D eigenvalue weighted by molar-refractivity contribution is 6.36. The summed E-state index contributed by atoms with van der Waals surface area (Å²) in [4.78, 5) is 4.81. The number of hydrogen-bond donors (Lipinski definition) is 0. The molecule has 28 heavy (non-hydrogen) atoms. The van der Waals surface area contributed by atoms with Crippen molar-refractivity contribution in [2.24, 2.45) is 0 Å². The SMILES string of the molecule is CC(Oc1ccc(Cl)cc1)c1nc2ccccc2n1Cc1c(Cl)cccc1Cl. The number of halogens is 3. The van der Waals surface area contributed by atoms with E-state index in [4.69, 9.17) is 44.5 Å². The van der Waals surface area contributed by atoms with Crippen LogP contribution in [-0.2, 0) is 6.54 Å². The van der Waals surface area contributed by atoms with E-state index in [9.17, 15) is 0 Å². The summed E-state index contributed by atoms with van der Waals surface area (Å²) in [5, 5.41) is 1.92. The maximum absolute atomic E-state index is 6.41. The van der Waals surface area contributed by atoms with Crippen molar-refractivity contribution in [3.63, 3.8) is 0 Å². The standard InChI is InChI=1S/C22H17Cl3N2O/c1-14(28-16-11-9-15(23)10-12-16)22-26-20-7-2-3-8-21(20)27(22)13-17-18(24)5-4-6-19(17)25/h2-12,14H,13H2,1H3. The number of aromatic nitrogens is 2. The van der Waals surface area contributed by atoms with Crippen molar-refractivity contribution in [1.82, 2.24) is 9.55 Å². The molecule has 0 aliphatic carbocycles. The van der Waals surface area contributed by atoms with Crippen LogP contribution in [0.2, 0.25) is 15.1 Å². The molecular weight excluding hydrogens is 415 g/mol. The summed E-state index contributed by atoms with van der Waals surface area (Å²) in [6, 6.07) is 20.8. The molecule has 142 valence electrons. The third-order valence-electron chi connectivity index (χ3n) is 4.55. The van der Waals surface area contributed by atoms with Crippen LogP contribution in [-0.4, -0.2) is 9.55 Å². The van der Waals surface area contributed by atoms with Gasteiger partial charge in [-0.1, -0.05) is 53.0 Å². The van der Waals surface area contributed by atoms with Crippen LogP contribution in [0.5, 0.6) is 5.75 Å². The van der Waals surface area contributed by atoms with Crippen molar-refractivity contribution in [2.45, 2.75) is 19.6 Å². The average molecular weight is 432 g/mol. The van der Waals surface area contributed by atoms with E-state index in [1.807, 2.05) is 61.5 Å². The van der Waals surface area contributed by atoms with Crippen molar-refractivity contribution >= 4 is 45.8 Å². The zero-order valence-electron chi connectivity index (χ0n) is 15.1. The molecule has 6 heteroatoms. The molecule has 0 saturated carbocycles. The van der Waals surface area contributed by atoms with Crippen LogP contribution in [0.1, 0.15) is 24.4 Å². The molecule has 1 unspecified atom stereocenters. The highest BCUT2D eigenvalue weighted by Crippen LogP contribution is 2.30. The van der Waals surface area contributed by atoms with Gasteiger partial charge >= 0.3 is 0 Å². The number of rotatable bonds is 5. The van der Waals surface area contributed by atoms with Crippen molar-refractivity contribution in [3.05, 3.63) is 93.2 Å². The van der Waals surface area contributed by atoms with Gasteiger partial charge < -0.3 is 9.30 Å². The highest BCUT2D eigenvalue weighted by atomic mass is 35.5. The number of ether oxygens (including phenoxy) is 1. The lowest BCUT2D eigenvalue weighted by atomic mass is 10.2. The molecule has 3 nitrogen and oxygen atoms in total. The van der Waals surface area contributed by atoms with Crippen LogP contribution in [0, 0.1) is 0 Å². The molecule has 1 aromatic heterocycles. The van der Waals surface area contributed by atoms with Gasteiger partial charge in [-0.05, 0) is 55.5 Å². The lowest BCUT2D eigenvalue weighted by molar-refractivity contribution is 0.212. The number of fused-ring (bicyclic) bond motifs is 1. The molecule has 0 N–H and O–H groups in total. The number of benzene rings is 3. The van der Waals surface area contributed by atoms with Crippen molar-refractivity contribution < 1.29 is 4.74 Å². The second kappa shape index (κ2) is 8.04. The minimum absolute atomic E-state index is 0.283. The number of nitrogens with zero attached hydrogens (tertiary/aromatic N) is 2. The van der Waals surface area contributed by atoms with Gasteiger partial charge in [0.25, 0.3) is 0 Å². The van der Waals surface area contributed by atoms with Gasteiger partial charge in [0.05, 0.1) is 17.6 Å². The summed E-state index contributed by atoms with van der Waals surface area (Å²) in [5.74, 6) is 1.53. The predicted octanol–water partition coefficient (Wildman–Crippen LogP) is 7.18. The van der Waals surface area contributed by atoms with Crippen molar-refractivity contribution in [2.75, 3.05) is 0 Å². The van der Waals surface area contributed by atoms with Gasteiger partial charge in [0.2, 0.25) is 0 Å². The zero-order valence-corrected chi connectivity index (χ0v) is 17.3. The van der Waals surface area contributed by atoms with Crippen LogP contribution in [0.3, 0.4) is 0 Å². The first kappa shape index (κ1) is 19.1. The smallest absolute Gasteiger partial charge is 0.153 e. The van der Waals surface area contributed by atoms with Crippen molar-refractivity contribution in [3.8, 4) is 5.75 Å². The van der Waals surface area contributed by atoms with Gasteiger partial charge in [0, 0.05) is 20.6 Å². The molecule has 0 spiro atoms. The van der Waals surface area contributed by atoms with E-state index < -0.39 is 0 Å². The Balaban J connectivity index is 1.75. The Labute approximate surface area is 178 Å². The minimum Gasteiger partial charge on any atom is -0.483 e. The van der Waals surface area contributed by atoms with E-state index >= 15 is 0 Å². The summed E-state index contributed by atoms with van der Waals surface area (Å²) in [7, 11) is 0. The maximum atomic E-state index is 6.41. The molecule has 4 rings (SSSR count). The van der Waals surface area contributed by atoms with Gasteiger partial charge in [-0.25, -0.2) is 4.98 Å². The average Bonchev–Trinajstić information content (AvgIpc) is 3.05. The van der Waals surface area contributed by atoms with Crippen molar-refractivity contribution in [1.29, 1.82) is 0 Å². The molecule has 0 radical (unpaired) electrons. The molecule has 0 saturated heterocycles. The van der Waals surface area contributed by atoms with Gasteiger partial charge in [-0.15, -0.1) is 0 Å². The second-order valence-electron chi connectivity index (χ2n) is 6.46. The zero-order chi connectivity index (χ0) is 19.7. The summed E-state index contributed by atoms with van der Waals surface area (Å²) in [6.45, 7) is 2.48. The van der Waals surface area contributed by atoms with Gasteiger partial charge in [-0.3, -0.25) is 0 Å². The summed E-state index contributed by atoms with van der Waals surface area (Å²) in [5.41, 5.74) is 2.75. The lowest BCUT2D eigenvalue weighted by Crippen LogP contribution is -2.13. The van der Waals surface area contributed by atoms with E-state index in [2.05, 4.69) is 4.57 Å². The Bertz CT molecular complexity index is 1100. The van der Waals surface area contributed by atoms with E-state index in [1.165, 1.54) is 0 Å². The molecule has 0 amide bonds. The van der Waals surface area contributed by atoms with Gasteiger partial charge in [0.15, 0.2) is 11.9 Å². The maximum Gasteiger partial charge on any atom is 0.153 e. The number of hydrogen-bond acceptors (Lipinski definition) is 2. The highest BCUT2D eigenvalue weighted by Gasteiger charge is 2.20. The normalized spacial score (nSPS) is 12.3. The Morgan fingerprint density at radius 2 is 1.57 bits per heavy atom. The number of para-hydroxylation sites is 2. The van der Waals surface area contributed by atoms with Crippen LogP contribution >= 0.6 is 34.8 Å². The second-order valence-corrected chi connectivity index (χ2v) is 7.71. The van der Waals surface area contributed by atoms with E-state index in [0.29, 0.717) is 21.6 Å². The predicted molar refractivity (Wildman–Crippen MR) is 116 cm³/mol. The summed E-state index contributed by atoms with van der Waals surface area (Å²) < 4.78 is 8.22. The molecule has 4 aromatic rings. The summed E-state index contributed by atoms with van der Waals surface area (Å²) >= 11 is 18.8. The van der Waals surface area contributed by atoms with Crippen LogP contribution in [0.25, 0.3) is 11.0 Å². The third kappa shape index (κ3) is 3.83. The van der Waals surface area contributed by atoms with Crippen LogP contribution in [0.15, 0.2) is 66.7 Å². The molecule has 0 fully saturated rings. The Morgan fingerprint density at radius 1 is 0.893 bits per heavy atom. The topological polar surface area (TPSA) is 27.1 Å². The third-order valence-corrected chi connectivity index (χ3v) is 5.51. The molecule has 3 aromatic carbocycles. The van der Waals surface area contributed by atoms with Gasteiger partial charge in [0.1, 0.15) is 5.75 Å². The monoisotopic (exact) mass is 430 g/mol. The molecular formula is C22H17Cl3N2O. The fourth-order valence-electron chi connectivity index (χ4n) is 3.18. The van der Waals surface area contributed by atoms with Crippen LogP contribution < -0.4 is 4.74 Å². The Kier molecular flexibility index (Phi) is 5.49. The first-order valence-corrected chi connectivity index (χ1v) is 9.96. The fraction of sp³-hybridized carbons (Fsp3) is 0.136. The first-order valence-electron chi connectivity index (χ1n) is 8.83. The Hall–Kier alpha value is -2.20. The van der Waals surface area contributed by atoms with Gasteiger partial charge in [-0.2, -0.15) is 0 Å². The largest absolute Gasteiger partial charge is 0.483 e. The molecule has 1 heterocycles. The molecule has 0 aliphatic heterocycles. The van der Waals surface area contributed by atoms with E-state index in [-0.39, 0.29) is 6.10 Å². The molecule has 1 atom stereocenters. The minimum atomic E-state index is -0.283. The quantitative estimate of drug-likeness (QED) is 0.334. The van der Waals surface area contributed by atoms with E-state index in [1.54, 1.807) is 12.1 Å². The first-order chi connectivity index (χ1) is 13.5. The number of imidazole rings is 1. The summed E-state index contributed by atoms with van der Waals surface area (Å²) in [6.07, 6.45) is -0.283. The van der Waals surface area contributed by atoms with E-state index in [0.717, 1.165) is 28.2 Å². The molecule has 0 bridgehead atoms. The lowest BCUT2D eigenvalue weighted by Gasteiger charge is -2.18. The van der Waals surface area contributed by atoms with Crippen LogP contribution in [0.4, 0.5) is 0 Å².